The summed E-state index contributed by atoms with van der Waals surface area (Å²) >= 11 is 0. The van der Waals surface area contributed by atoms with Crippen LogP contribution in [-0.4, -0.2) is 45.4 Å². The second-order valence-electron chi connectivity index (χ2n) is 3.99. The molecule has 0 aromatic carbocycles. The minimum absolute atomic E-state index is 0.152. The Morgan fingerprint density at radius 3 is 2.44 bits per heavy atom. The molecule has 0 unspecified atom stereocenters. The van der Waals surface area contributed by atoms with Gasteiger partial charge in [-0.1, -0.05) is 20.3 Å². The summed E-state index contributed by atoms with van der Waals surface area (Å²) in [6, 6.07) is 0.152. The number of likely N-dealkylation sites (N-methyl/N-ethyl adjacent to an activating group) is 1. The van der Waals surface area contributed by atoms with Crippen LogP contribution in [0.3, 0.4) is 0 Å². The van der Waals surface area contributed by atoms with Crippen LogP contribution in [0, 0.1) is 0 Å². The van der Waals surface area contributed by atoms with Gasteiger partial charge < -0.3 is 5.32 Å². The van der Waals surface area contributed by atoms with Crippen molar-refractivity contribution in [1.82, 2.24) is 14.3 Å². The van der Waals surface area contributed by atoms with Gasteiger partial charge in [0.25, 0.3) is 10.2 Å². The summed E-state index contributed by atoms with van der Waals surface area (Å²) in [6.07, 6.45) is 1.88. The lowest BCUT2D eigenvalue weighted by Crippen LogP contribution is -2.44. The van der Waals surface area contributed by atoms with Gasteiger partial charge in [0.15, 0.2) is 0 Å². The van der Waals surface area contributed by atoms with Gasteiger partial charge >= 0.3 is 0 Å². The Morgan fingerprint density at radius 2 is 1.94 bits per heavy atom. The van der Waals surface area contributed by atoms with Crippen molar-refractivity contribution in [1.29, 1.82) is 0 Å². The molecule has 0 amide bonds. The van der Waals surface area contributed by atoms with E-state index in [4.69, 9.17) is 0 Å². The highest BCUT2D eigenvalue weighted by Crippen LogP contribution is 1.97. The number of nitrogens with zero attached hydrogens (tertiary/aromatic N) is 1. The number of nitrogens with one attached hydrogen (secondary N) is 2. The summed E-state index contributed by atoms with van der Waals surface area (Å²) in [5, 5.41) is 3.15. The lowest BCUT2D eigenvalue weighted by molar-refractivity contribution is 0.442. The van der Waals surface area contributed by atoms with E-state index in [1.165, 1.54) is 4.31 Å². The molecule has 0 bridgehead atoms. The lowest BCUT2D eigenvalue weighted by Gasteiger charge is -2.19. The molecule has 6 heteroatoms. The van der Waals surface area contributed by atoms with E-state index in [1.54, 1.807) is 7.05 Å². The van der Waals surface area contributed by atoms with Crippen LogP contribution in [0.2, 0.25) is 0 Å². The van der Waals surface area contributed by atoms with Crippen molar-refractivity contribution >= 4 is 10.2 Å². The van der Waals surface area contributed by atoms with E-state index in [0.717, 1.165) is 19.4 Å². The predicted octanol–water partition coefficient (Wildman–Crippen LogP) is 0.551. The van der Waals surface area contributed by atoms with E-state index < -0.39 is 10.2 Å². The summed E-state index contributed by atoms with van der Waals surface area (Å²) in [7, 11) is -1.70. The molecule has 0 aliphatic rings. The average Bonchev–Trinajstić information content (AvgIpc) is 2.23. The van der Waals surface area contributed by atoms with Crippen molar-refractivity contribution < 1.29 is 8.42 Å². The molecule has 2 N–H and O–H groups in total. The van der Waals surface area contributed by atoms with E-state index in [1.807, 2.05) is 20.8 Å². The van der Waals surface area contributed by atoms with Gasteiger partial charge in [-0.2, -0.15) is 12.7 Å². The van der Waals surface area contributed by atoms with E-state index in [2.05, 4.69) is 10.0 Å². The third-order valence-corrected chi connectivity index (χ3v) is 3.90. The van der Waals surface area contributed by atoms with Crippen molar-refractivity contribution in [3.8, 4) is 0 Å². The Kier molecular flexibility index (Phi) is 7.91. The van der Waals surface area contributed by atoms with Crippen LogP contribution in [0.5, 0.6) is 0 Å². The van der Waals surface area contributed by atoms with Crippen molar-refractivity contribution in [3.05, 3.63) is 0 Å². The molecule has 0 fully saturated rings. The van der Waals surface area contributed by atoms with Crippen molar-refractivity contribution in [2.24, 2.45) is 0 Å². The first-order valence-electron chi connectivity index (χ1n) is 5.88. The molecule has 0 saturated heterocycles. The third kappa shape index (κ3) is 6.42. The molecule has 0 rings (SSSR count). The second kappa shape index (κ2) is 8.00. The van der Waals surface area contributed by atoms with Gasteiger partial charge in [-0.15, -0.1) is 0 Å². The topological polar surface area (TPSA) is 61.4 Å². The molecule has 98 valence electrons. The minimum atomic E-state index is -3.30. The van der Waals surface area contributed by atoms with Crippen LogP contribution in [0.15, 0.2) is 0 Å². The Labute approximate surface area is 99.8 Å². The normalized spacial score (nSPS) is 14.3. The first-order chi connectivity index (χ1) is 7.44. The fourth-order valence-electron chi connectivity index (χ4n) is 1.26. The molecule has 0 aromatic heterocycles. The number of hydrogen-bond donors (Lipinski definition) is 2. The van der Waals surface area contributed by atoms with Gasteiger partial charge in [0, 0.05) is 26.2 Å². The first-order valence-corrected chi connectivity index (χ1v) is 7.32. The van der Waals surface area contributed by atoms with E-state index in [9.17, 15) is 8.42 Å². The molecule has 0 aliphatic heterocycles. The summed E-state index contributed by atoms with van der Waals surface area (Å²) in [5.74, 6) is 0. The molecule has 0 saturated carbocycles. The lowest BCUT2D eigenvalue weighted by atomic mass is 10.3. The maximum atomic E-state index is 11.7. The van der Waals surface area contributed by atoms with Crippen LogP contribution in [0.1, 0.15) is 33.6 Å². The zero-order valence-electron chi connectivity index (χ0n) is 10.8. The predicted molar refractivity (Wildman–Crippen MR) is 67.6 cm³/mol. The molecular weight excluding hydrogens is 226 g/mol. The quantitative estimate of drug-likeness (QED) is 0.629. The Balaban J connectivity index is 4.03. The molecular formula is C10H25N3O2S. The van der Waals surface area contributed by atoms with Crippen molar-refractivity contribution in [3.63, 3.8) is 0 Å². The largest absolute Gasteiger partial charge is 0.313 e. The van der Waals surface area contributed by atoms with Crippen molar-refractivity contribution in [2.45, 2.75) is 39.7 Å². The monoisotopic (exact) mass is 251 g/mol. The van der Waals surface area contributed by atoms with Gasteiger partial charge in [-0.25, -0.2) is 4.72 Å². The number of hydrogen-bond acceptors (Lipinski definition) is 3. The molecule has 1 atom stereocenters. The standard InChI is InChI=1S/C10H25N3O2S/c1-5-7-8-13(4)16(14,15)12-9-10(3)11-6-2/h10-12H,5-9H2,1-4H3/t10-/m1/s1. The summed E-state index contributed by atoms with van der Waals surface area (Å²) in [6.45, 7) is 7.83. The SMILES string of the molecule is CCCCN(C)S(=O)(=O)NC[C@@H](C)NCC. The highest BCUT2D eigenvalue weighted by molar-refractivity contribution is 7.87. The van der Waals surface area contributed by atoms with Crippen LogP contribution in [0.4, 0.5) is 0 Å². The van der Waals surface area contributed by atoms with Crippen LogP contribution < -0.4 is 10.0 Å². The number of unbranched alkanes of at least 4 members (excludes halogenated alkanes) is 1. The second-order valence-corrected chi connectivity index (χ2v) is 5.85. The van der Waals surface area contributed by atoms with Crippen molar-refractivity contribution in [2.75, 3.05) is 26.7 Å². The molecule has 0 radical (unpaired) electrons. The maximum absolute atomic E-state index is 11.7. The first kappa shape index (κ1) is 15.8. The molecule has 5 nitrogen and oxygen atoms in total. The highest BCUT2D eigenvalue weighted by atomic mass is 32.2. The fraction of sp³-hybridized carbons (Fsp3) is 1.00. The third-order valence-electron chi connectivity index (χ3n) is 2.36. The zero-order valence-corrected chi connectivity index (χ0v) is 11.6. The maximum Gasteiger partial charge on any atom is 0.279 e. The van der Waals surface area contributed by atoms with Crippen LogP contribution in [-0.2, 0) is 10.2 Å². The zero-order chi connectivity index (χ0) is 12.6. The Hall–Kier alpha value is -0.170. The molecule has 0 aromatic rings. The minimum Gasteiger partial charge on any atom is -0.313 e. The van der Waals surface area contributed by atoms with Gasteiger partial charge in [0.05, 0.1) is 0 Å². The van der Waals surface area contributed by atoms with Gasteiger partial charge in [0.2, 0.25) is 0 Å². The molecule has 16 heavy (non-hydrogen) atoms. The smallest absolute Gasteiger partial charge is 0.279 e. The van der Waals surface area contributed by atoms with E-state index >= 15 is 0 Å². The summed E-state index contributed by atoms with van der Waals surface area (Å²) in [5.41, 5.74) is 0. The molecule has 0 heterocycles. The molecule has 0 aliphatic carbocycles. The Bertz CT molecular complexity index is 267. The van der Waals surface area contributed by atoms with Gasteiger partial charge in [-0.3, -0.25) is 0 Å². The molecule has 0 spiro atoms. The van der Waals surface area contributed by atoms with Crippen LogP contribution >= 0.6 is 0 Å². The van der Waals surface area contributed by atoms with E-state index in [-0.39, 0.29) is 6.04 Å². The summed E-state index contributed by atoms with van der Waals surface area (Å²) in [4.78, 5) is 0. The van der Waals surface area contributed by atoms with Gasteiger partial charge in [0.1, 0.15) is 0 Å². The summed E-state index contributed by atoms with van der Waals surface area (Å²) < 4.78 is 27.4. The fourth-order valence-corrected chi connectivity index (χ4v) is 2.31. The van der Waals surface area contributed by atoms with Crippen LogP contribution in [0.25, 0.3) is 0 Å². The Morgan fingerprint density at radius 1 is 1.31 bits per heavy atom. The van der Waals surface area contributed by atoms with Gasteiger partial charge in [-0.05, 0) is 19.9 Å². The number of rotatable bonds is 9. The average molecular weight is 251 g/mol. The van der Waals surface area contributed by atoms with E-state index in [0.29, 0.717) is 13.1 Å². The highest BCUT2D eigenvalue weighted by Gasteiger charge is 2.16.